The highest BCUT2D eigenvalue weighted by atomic mass is 127. The molecule has 0 spiro atoms. The summed E-state index contributed by atoms with van der Waals surface area (Å²) in [6.07, 6.45) is 0. The number of carbonyl (C=O) groups is 1. The molecule has 0 unspecified atom stereocenters. The SMILES string of the molecule is COCCN(CCOC)C(=O)c1ccccc1I. The third-order valence-electron chi connectivity index (χ3n) is 2.52. The van der Waals surface area contributed by atoms with Gasteiger partial charge in [0.05, 0.1) is 18.8 Å². The fourth-order valence-corrected chi connectivity index (χ4v) is 2.14. The number of rotatable bonds is 7. The van der Waals surface area contributed by atoms with Gasteiger partial charge in [-0.2, -0.15) is 0 Å². The molecular weight excluding hydrogens is 345 g/mol. The third kappa shape index (κ3) is 4.55. The van der Waals surface area contributed by atoms with Crippen LogP contribution in [-0.2, 0) is 9.47 Å². The number of carbonyl (C=O) groups excluding carboxylic acids is 1. The molecule has 0 bridgehead atoms. The van der Waals surface area contributed by atoms with Gasteiger partial charge in [-0.15, -0.1) is 0 Å². The number of ether oxygens (including phenoxy) is 2. The summed E-state index contributed by atoms with van der Waals surface area (Å²) in [5, 5.41) is 0. The van der Waals surface area contributed by atoms with Crippen molar-refractivity contribution >= 4 is 28.5 Å². The van der Waals surface area contributed by atoms with E-state index in [4.69, 9.17) is 9.47 Å². The number of hydrogen-bond acceptors (Lipinski definition) is 3. The number of nitrogens with zero attached hydrogens (tertiary/aromatic N) is 1. The molecular formula is C13H18INO3. The summed E-state index contributed by atoms with van der Waals surface area (Å²) in [4.78, 5) is 14.1. The van der Waals surface area contributed by atoms with Crippen LogP contribution < -0.4 is 0 Å². The fourth-order valence-electron chi connectivity index (χ4n) is 1.52. The largest absolute Gasteiger partial charge is 0.383 e. The van der Waals surface area contributed by atoms with E-state index in [-0.39, 0.29) is 5.91 Å². The monoisotopic (exact) mass is 363 g/mol. The Bertz CT molecular complexity index is 376. The summed E-state index contributed by atoms with van der Waals surface area (Å²) >= 11 is 2.17. The number of methoxy groups -OCH3 is 2. The minimum absolute atomic E-state index is 0.0223. The summed E-state index contributed by atoms with van der Waals surface area (Å²) in [7, 11) is 3.26. The van der Waals surface area contributed by atoms with Gasteiger partial charge in [0, 0.05) is 30.9 Å². The minimum Gasteiger partial charge on any atom is -0.383 e. The molecule has 0 aliphatic heterocycles. The summed E-state index contributed by atoms with van der Waals surface area (Å²) in [5.41, 5.74) is 0.727. The normalized spacial score (nSPS) is 10.4. The lowest BCUT2D eigenvalue weighted by atomic mass is 10.2. The average molecular weight is 363 g/mol. The first kappa shape index (κ1) is 15.4. The van der Waals surface area contributed by atoms with Crippen LogP contribution in [0.3, 0.4) is 0 Å². The maximum absolute atomic E-state index is 12.4. The van der Waals surface area contributed by atoms with Crippen LogP contribution in [0.25, 0.3) is 0 Å². The predicted molar refractivity (Wildman–Crippen MR) is 78.8 cm³/mol. The molecule has 0 N–H and O–H groups in total. The van der Waals surface area contributed by atoms with Gasteiger partial charge in [0.1, 0.15) is 0 Å². The van der Waals surface area contributed by atoms with E-state index in [1.54, 1.807) is 19.1 Å². The first-order valence-corrected chi connectivity index (χ1v) is 6.80. The van der Waals surface area contributed by atoms with Crippen molar-refractivity contribution in [1.29, 1.82) is 0 Å². The molecule has 0 aromatic heterocycles. The van der Waals surface area contributed by atoms with E-state index < -0.39 is 0 Å². The Morgan fingerprint density at radius 3 is 2.22 bits per heavy atom. The van der Waals surface area contributed by atoms with Crippen LogP contribution in [-0.4, -0.2) is 51.3 Å². The Balaban J connectivity index is 2.77. The lowest BCUT2D eigenvalue weighted by Gasteiger charge is -2.22. The lowest BCUT2D eigenvalue weighted by Crippen LogP contribution is -2.36. The Labute approximate surface area is 121 Å². The van der Waals surface area contributed by atoms with Crippen LogP contribution in [0.4, 0.5) is 0 Å². The molecule has 0 fully saturated rings. The number of amides is 1. The van der Waals surface area contributed by atoms with E-state index in [1.807, 2.05) is 24.3 Å². The van der Waals surface area contributed by atoms with E-state index in [9.17, 15) is 4.79 Å². The second-order valence-electron chi connectivity index (χ2n) is 3.76. The zero-order chi connectivity index (χ0) is 13.4. The van der Waals surface area contributed by atoms with E-state index in [1.165, 1.54) is 0 Å². The molecule has 1 aromatic rings. The topological polar surface area (TPSA) is 38.8 Å². The van der Waals surface area contributed by atoms with Crippen molar-refractivity contribution < 1.29 is 14.3 Å². The quantitative estimate of drug-likeness (QED) is 0.696. The van der Waals surface area contributed by atoms with Crippen molar-refractivity contribution in [3.8, 4) is 0 Å². The number of halogens is 1. The van der Waals surface area contributed by atoms with Gasteiger partial charge in [-0.1, -0.05) is 12.1 Å². The zero-order valence-electron chi connectivity index (χ0n) is 10.7. The van der Waals surface area contributed by atoms with Crippen molar-refractivity contribution in [1.82, 2.24) is 4.90 Å². The molecule has 0 atom stereocenters. The summed E-state index contributed by atoms with van der Waals surface area (Å²) < 4.78 is 11.0. The molecule has 0 heterocycles. The summed E-state index contributed by atoms with van der Waals surface area (Å²) in [6, 6.07) is 7.57. The molecule has 5 heteroatoms. The molecule has 0 aliphatic rings. The van der Waals surface area contributed by atoms with Gasteiger partial charge in [0.15, 0.2) is 0 Å². The van der Waals surface area contributed by atoms with Crippen LogP contribution in [0, 0.1) is 3.57 Å². The van der Waals surface area contributed by atoms with Crippen LogP contribution >= 0.6 is 22.6 Å². The first-order chi connectivity index (χ1) is 8.70. The van der Waals surface area contributed by atoms with Gasteiger partial charge in [-0.3, -0.25) is 4.79 Å². The molecule has 0 radical (unpaired) electrons. The average Bonchev–Trinajstić information content (AvgIpc) is 2.39. The van der Waals surface area contributed by atoms with Crippen LogP contribution in [0.2, 0.25) is 0 Å². The van der Waals surface area contributed by atoms with Crippen LogP contribution in [0.15, 0.2) is 24.3 Å². The van der Waals surface area contributed by atoms with Crippen molar-refractivity contribution in [3.05, 3.63) is 33.4 Å². The first-order valence-electron chi connectivity index (χ1n) is 5.72. The van der Waals surface area contributed by atoms with E-state index in [0.29, 0.717) is 26.3 Å². The van der Waals surface area contributed by atoms with Crippen LogP contribution in [0.1, 0.15) is 10.4 Å². The highest BCUT2D eigenvalue weighted by molar-refractivity contribution is 14.1. The van der Waals surface area contributed by atoms with E-state index in [0.717, 1.165) is 9.13 Å². The maximum atomic E-state index is 12.4. The van der Waals surface area contributed by atoms with Gasteiger partial charge in [0.2, 0.25) is 0 Å². The number of benzene rings is 1. The third-order valence-corrected chi connectivity index (χ3v) is 3.46. The van der Waals surface area contributed by atoms with Gasteiger partial charge >= 0.3 is 0 Å². The summed E-state index contributed by atoms with van der Waals surface area (Å²) in [5.74, 6) is 0.0223. The van der Waals surface area contributed by atoms with E-state index >= 15 is 0 Å². The van der Waals surface area contributed by atoms with Gasteiger partial charge in [-0.05, 0) is 34.7 Å². The minimum atomic E-state index is 0.0223. The Morgan fingerprint density at radius 1 is 1.17 bits per heavy atom. The number of hydrogen-bond donors (Lipinski definition) is 0. The van der Waals surface area contributed by atoms with Crippen molar-refractivity contribution in [3.63, 3.8) is 0 Å². The Hall–Kier alpha value is -0.660. The molecule has 0 saturated heterocycles. The van der Waals surface area contributed by atoms with E-state index in [2.05, 4.69) is 22.6 Å². The van der Waals surface area contributed by atoms with Crippen molar-refractivity contribution in [2.75, 3.05) is 40.5 Å². The Kier molecular flexibility index (Phi) is 7.22. The lowest BCUT2D eigenvalue weighted by molar-refractivity contribution is 0.0626. The highest BCUT2D eigenvalue weighted by Crippen LogP contribution is 2.14. The standard InChI is InChI=1S/C13H18INO3/c1-17-9-7-15(8-10-18-2)13(16)11-5-3-4-6-12(11)14/h3-6H,7-10H2,1-2H3. The van der Waals surface area contributed by atoms with Gasteiger partial charge in [-0.25, -0.2) is 0 Å². The second kappa shape index (κ2) is 8.44. The fraction of sp³-hybridized carbons (Fsp3) is 0.462. The Morgan fingerprint density at radius 2 is 1.72 bits per heavy atom. The molecule has 18 heavy (non-hydrogen) atoms. The highest BCUT2D eigenvalue weighted by Gasteiger charge is 2.17. The van der Waals surface area contributed by atoms with Crippen molar-refractivity contribution in [2.45, 2.75) is 0 Å². The molecule has 1 amide bonds. The molecule has 1 aromatic carbocycles. The maximum Gasteiger partial charge on any atom is 0.255 e. The smallest absolute Gasteiger partial charge is 0.255 e. The zero-order valence-corrected chi connectivity index (χ0v) is 12.8. The molecule has 100 valence electrons. The molecule has 1 rings (SSSR count). The molecule has 4 nitrogen and oxygen atoms in total. The second-order valence-corrected chi connectivity index (χ2v) is 4.92. The molecule has 0 saturated carbocycles. The summed E-state index contributed by atoms with van der Waals surface area (Å²) in [6.45, 7) is 2.20. The van der Waals surface area contributed by atoms with Gasteiger partial charge in [0.25, 0.3) is 5.91 Å². The van der Waals surface area contributed by atoms with Gasteiger partial charge < -0.3 is 14.4 Å². The predicted octanol–water partition coefficient (Wildman–Crippen LogP) is 2.03. The molecule has 0 aliphatic carbocycles. The van der Waals surface area contributed by atoms with Crippen LogP contribution in [0.5, 0.6) is 0 Å². The van der Waals surface area contributed by atoms with Crippen molar-refractivity contribution in [2.24, 2.45) is 0 Å².